The van der Waals surface area contributed by atoms with Gasteiger partial charge in [0.1, 0.15) is 0 Å². The van der Waals surface area contributed by atoms with Crippen molar-refractivity contribution >= 4 is 5.91 Å². The summed E-state index contributed by atoms with van der Waals surface area (Å²) < 4.78 is 0. The molecule has 1 aliphatic carbocycles. The Hall–Kier alpha value is -1.42. The first kappa shape index (κ1) is 17.0. The minimum atomic E-state index is 0.423. The highest BCUT2D eigenvalue weighted by molar-refractivity contribution is 5.76. The van der Waals surface area contributed by atoms with Crippen molar-refractivity contribution in [1.82, 2.24) is 14.8 Å². The van der Waals surface area contributed by atoms with Crippen LogP contribution >= 0.6 is 0 Å². The molecule has 4 heterocycles. The highest BCUT2D eigenvalue weighted by atomic mass is 16.2. The lowest BCUT2D eigenvalue weighted by Crippen LogP contribution is -2.47. The van der Waals surface area contributed by atoms with E-state index < -0.39 is 0 Å². The molecule has 1 saturated carbocycles. The van der Waals surface area contributed by atoms with Gasteiger partial charge in [-0.15, -0.1) is 0 Å². The molecule has 25 heavy (non-hydrogen) atoms. The summed E-state index contributed by atoms with van der Waals surface area (Å²) in [7, 11) is 0. The van der Waals surface area contributed by atoms with Crippen molar-refractivity contribution in [3.63, 3.8) is 0 Å². The molecule has 3 saturated heterocycles. The third kappa shape index (κ3) is 4.22. The van der Waals surface area contributed by atoms with Gasteiger partial charge in [0.2, 0.25) is 5.91 Å². The van der Waals surface area contributed by atoms with Crippen LogP contribution < -0.4 is 0 Å². The van der Waals surface area contributed by atoms with Gasteiger partial charge in [-0.1, -0.05) is 25.7 Å². The Morgan fingerprint density at radius 1 is 1.04 bits per heavy atom. The summed E-state index contributed by atoms with van der Waals surface area (Å²) in [4.78, 5) is 21.8. The van der Waals surface area contributed by atoms with E-state index in [4.69, 9.17) is 0 Å². The average molecular weight is 341 g/mol. The van der Waals surface area contributed by atoms with E-state index in [9.17, 15) is 4.79 Å². The quantitative estimate of drug-likeness (QED) is 0.823. The summed E-state index contributed by atoms with van der Waals surface area (Å²) in [5.74, 6) is 1.89. The molecule has 0 spiro atoms. The van der Waals surface area contributed by atoms with E-state index in [-0.39, 0.29) is 0 Å². The molecule has 4 heteroatoms. The number of carbonyl (C=O) groups excluding carboxylic acids is 1. The second kappa shape index (κ2) is 7.86. The largest absolute Gasteiger partial charge is 0.338 e. The fourth-order valence-corrected chi connectivity index (χ4v) is 5.13. The van der Waals surface area contributed by atoms with Crippen molar-refractivity contribution < 1.29 is 4.79 Å². The predicted octanol–water partition coefficient (Wildman–Crippen LogP) is 3.47. The van der Waals surface area contributed by atoms with E-state index in [0.29, 0.717) is 17.9 Å². The zero-order chi connectivity index (χ0) is 17.1. The highest BCUT2D eigenvalue weighted by Gasteiger charge is 2.37. The molecule has 1 aromatic rings. The number of rotatable bonds is 5. The Balaban J connectivity index is 1.35. The molecule has 5 rings (SSSR count). The molecule has 0 N–H and O–H groups in total. The van der Waals surface area contributed by atoms with Crippen LogP contribution in [0.3, 0.4) is 0 Å². The summed E-state index contributed by atoms with van der Waals surface area (Å²) in [6, 6.07) is 4.64. The number of hydrogen-bond donors (Lipinski definition) is 0. The van der Waals surface area contributed by atoms with Crippen molar-refractivity contribution in [2.75, 3.05) is 19.6 Å². The number of amides is 1. The first-order valence-electron chi connectivity index (χ1n) is 10.2. The normalized spacial score (nSPS) is 27.6. The van der Waals surface area contributed by atoms with Gasteiger partial charge in [-0.3, -0.25) is 14.7 Å². The molecule has 3 aliphatic heterocycles. The second-order valence-corrected chi connectivity index (χ2v) is 8.38. The number of fused-ring (bicyclic) bond motifs is 4. The summed E-state index contributed by atoms with van der Waals surface area (Å²) in [6.45, 7) is 4.14. The Labute approximate surface area is 151 Å². The van der Waals surface area contributed by atoms with Gasteiger partial charge in [-0.25, -0.2) is 0 Å². The molecule has 1 amide bonds. The molecule has 4 nitrogen and oxygen atoms in total. The Kier molecular flexibility index (Phi) is 5.35. The molecule has 4 fully saturated rings. The summed E-state index contributed by atoms with van der Waals surface area (Å²) in [5.41, 5.74) is 1.33. The maximum Gasteiger partial charge on any atom is 0.222 e. The van der Waals surface area contributed by atoms with Crippen LogP contribution in [0.15, 0.2) is 24.5 Å². The zero-order valence-electron chi connectivity index (χ0n) is 15.3. The Morgan fingerprint density at radius 2 is 1.84 bits per heavy atom. The molecule has 0 aromatic carbocycles. The van der Waals surface area contributed by atoms with Crippen molar-refractivity contribution in [3.05, 3.63) is 30.1 Å². The highest BCUT2D eigenvalue weighted by Crippen LogP contribution is 2.32. The molecule has 2 bridgehead atoms. The molecule has 1 aromatic heterocycles. The SMILES string of the molecule is O=C(CCC1CCCC1)N1CC2CCC1CN(Cc1ccncc1)C2. The molecule has 0 radical (unpaired) electrons. The standard InChI is InChI=1S/C21H31N3O/c25-21(8-6-17-3-1-2-4-17)24-15-19-5-7-20(24)16-23(14-19)13-18-9-11-22-12-10-18/h9-12,17,19-20H,1-8,13-16H2. The lowest BCUT2D eigenvalue weighted by atomic mass is 9.94. The van der Waals surface area contributed by atoms with Crippen LogP contribution in [-0.2, 0) is 11.3 Å². The van der Waals surface area contributed by atoms with E-state index in [0.717, 1.165) is 44.9 Å². The molecule has 2 unspecified atom stereocenters. The summed E-state index contributed by atoms with van der Waals surface area (Å²) >= 11 is 0. The van der Waals surface area contributed by atoms with E-state index in [1.54, 1.807) is 0 Å². The van der Waals surface area contributed by atoms with Gasteiger partial charge in [0, 0.05) is 51.0 Å². The van der Waals surface area contributed by atoms with E-state index >= 15 is 0 Å². The topological polar surface area (TPSA) is 36.4 Å². The molecular weight excluding hydrogens is 310 g/mol. The number of piperidine rings is 1. The first-order chi connectivity index (χ1) is 12.3. The molecular formula is C21H31N3O. The van der Waals surface area contributed by atoms with Crippen molar-refractivity contribution in [2.24, 2.45) is 11.8 Å². The van der Waals surface area contributed by atoms with Gasteiger partial charge >= 0.3 is 0 Å². The number of nitrogens with zero attached hydrogens (tertiary/aromatic N) is 3. The van der Waals surface area contributed by atoms with Gasteiger partial charge < -0.3 is 4.90 Å². The van der Waals surface area contributed by atoms with Crippen LogP contribution in [0.2, 0.25) is 0 Å². The molecule has 2 atom stereocenters. The summed E-state index contributed by atoms with van der Waals surface area (Å²) in [6.07, 6.45) is 13.6. The number of carbonyl (C=O) groups is 1. The lowest BCUT2D eigenvalue weighted by molar-refractivity contribution is -0.135. The van der Waals surface area contributed by atoms with Crippen LogP contribution in [0.4, 0.5) is 0 Å². The fourth-order valence-electron chi connectivity index (χ4n) is 5.13. The number of hydrogen-bond acceptors (Lipinski definition) is 3. The maximum atomic E-state index is 12.9. The maximum absolute atomic E-state index is 12.9. The van der Waals surface area contributed by atoms with Gasteiger partial charge in [0.25, 0.3) is 0 Å². The third-order valence-corrected chi connectivity index (χ3v) is 6.51. The number of aromatic nitrogens is 1. The number of pyridine rings is 1. The van der Waals surface area contributed by atoms with Crippen molar-refractivity contribution in [1.29, 1.82) is 0 Å². The van der Waals surface area contributed by atoms with Crippen LogP contribution in [0.25, 0.3) is 0 Å². The van der Waals surface area contributed by atoms with E-state index in [1.165, 1.54) is 44.1 Å². The van der Waals surface area contributed by atoms with Gasteiger partial charge in [0.05, 0.1) is 0 Å². The predicted molar refractivity (Wildman–Crippen MR) is 98.9 cm³/mol. The lowest BCUT2D eigenvalue weighted by Gasteiger charge is -2.36. The van der Waals surface area contributed by atoms with Crippen molar-refractivity contribution in [3.8, 4) is 0 Å². The van der Waals surface area contributed by atoms with E-state index in [2.05, 4.69) is 26.9 Å². The minimum absolute atomic E-state index is 0.423. The van der Waals surface area contributed by atoms with Crippen LogP contribution in [0.1, 0.15) is 56.9 Å². The minimum Gasteiger partial charge on any atom is -0.338 e. The van der Waals surface area contributed by atoms with E-state index in [1.807, 2.05) is 12.4 Å². The van der Waals surface area contributed by atoms with Gasteiger partial charge in [-0.2, -0.15) is 0 Å². The first-order valence-corrected chi connectivity index (χ1v) is 10.2. The smallest absolute Gasteiger partial charge is 0.222 e. The molecule has 4 aliphatic rings. The van der Waals surface area contributed by atoms with Gasteiger partial charge in [-0.05, 0) is 48.8 Å². The van der Waals surface area contributed by atoms with Crippen LogP contribution in [0.5, 0.6) is 0 Å². The average Bonchev–Trinajstić information content (AvgIpc) is 3.01. The summed E-state index contributed by atoms with van der Waals surface area (Å²) in [5, 5.41) is 0. The van der Waals surface area contributed by atoms with Crippen LogP contribution in [0, 0.1) is 11.8 Å². The third-order valence-electron chi connectivity index (χ3n) is 6.51. The van der Waals surface area contributed by atoms with Crippen molar-refractivity contribution in [2.45, 2.75) is 64.0 Å². The Bertz CT molecular complexity index is 570. The molecule has 136 valence electrons. The Morgan fingerprint density at radius 3 is 2.64 bits per heavy atom. The fraction of sp³-hybridized carbons (Fsp3) is 0.714. The van der Waals surface area contributed by atoms with Gasteiger partial charge in [0.15, 0.2) is 0 Å². The van der Waals surface area contributed by atoms with Crippen LogP contribution in [-0.4, -0.2) is 46.4 Å². The second-order valence-electron chi connectivity index (χ2n) is 8.38. The monoisotopic (exact) mass is 341 g/mol. The zero-order valence-corrected chi connectivity index (χ0v) is 15.3.